The van der Waals surface area contributed by atoms with E-state index in [-0.39, 0.29) is 0 Å². The Kier molecular flexibility index (Phi) is 1.46. The molecule has 0 atom stereocenters. The average Bonchev–Trinajstić information content (AvgIpc) is 2.48. The fraction of sp³-hybridized carbons (Fsp3) is 0.143. The molecule has 0 aromatic carbocycles. The largest absolute Gasteiger partial charge is 0.250 e. The van der Waals surface area contributed by atoms with E-state index in [0.717, 1.165) is 11.4 Å². The van der Waals surface area contributed by atoms with Crippen molar-refractivity contribution in [2.75, 3.05) is 0 Å². The molecule has 0 aliphatic carbocycles. The van der Waals surface area contributed by atoms with E-state index in [9.17, 15) is 0 Å². The predicted octanol–water partition coefficient (Wildman–Crippen LogP) is 1.42. The van der Waals surface area contributed by atoms with Gasteiger partial charge in [-0.25, -0.2) is 4.99 Å². The summed E-state index contributed by atoms with van der Waals surface area (Å²) >= 11 is 0. The van der Waals surface area contributed by atoms with Crippen LogP contribution in [0.25, 0.3) is 0 Å². The monoisotopic (exact) mass is 118 g/mol. The van der Waals surface area contributed by atoms with Crippen LogP contribution in [0.1, 0.15) is 6.92 Å². The van der Waals surface area contributed by atoms with Gasteiger partial charge in [0.15, 0.2) is 0 Å². The number of rotatable bonds is 1. The van der Waals surface area contributed by atoms with Gasteiger partial charge in [-0.2, -0.15) is 5.26 Å². The summed E-state index contributed by atoms with van der Waals surface area (Å²) in [6, 6.07) is 1.89. The van der Waals surface area contributed by atoms with E-state index in [1.807, 2.05) is 19.1 Å². The Morgan fingerprint density at radius 2 is 2.33 bits per heavy atom. The third kappa shape index (κ3) is 1.54. The minimum absolute atomic E-state index is 1.00. The smallest absolute Gasteiger partial charge is 0.0912 e. The molecule has 2 heteroatoms. The third-order valence-corrected chi connectivity index (χ3v) is 1.03. The summed E-state index contributed by atoms with van der Waals surface area (Å²) in [7, 11) is 0. The molecule has 1 heterocycles. The van der Waals surface area contributed by atoms with Crippen molar-refractivity contribution in [3.05, 3.63) is 23.9 Å². The van der Waals surface area contributed by atoms with Crippen molar-refractivity contribution in [1.29, 1.82) is 5.26 Å². The first-order chi connectivity index (χ1) is 4.34. The molecule has 0 unspecified atom stereocenters. The lowest BCUT2D eigenvalue weighted by molar-refractivity contribution is 1.53. The highest BCUT2D eigenvalue weighted by Crippen LogP contribution is 2.14. The number of aliphatic imine (C=N–C) groups is 1. The van der Waals surface area contributed by atoms with Gasteiger partial charge in [-0.3, -0.25) is 0 Å². The molecule has 0 N–H and O–H groups in total. The highest BCUT2D eigenvalue weighted by atomic mass is 14.9. The Hall–Kier alpha value is -1.36. The van der Waals surface area contributed by atoms with E-state index in [2.05, 4.69) is 4.99 Å². The number of nitriles is 1. The Labute approximate surface area is 53.8 Å². The molecule has 0 saturated carbocycles. The van der Waals surface area contributed by atoms with Gasteiger partial charge in [0.1, 0.15) is 0 Å². The molecule has 1 aliphatic heterocycles. The average molecular weight is 118 g/mol. The van der Waals surface area contributed by atoms with Crippen LogP contribution < -0.4 is 0 Å². The second kappa shape index (κ2) is 2.27. The van der Waals surface area contributed by atoms with Gasteiger partial charge in [0.2, 0.25) is 0 Å². The lowest BCUT2D eigenvalue weighted by Crippen LogP contribution is -1.62. The van der Waals surface area contributed by atoms with Gasteiger partial charge in [0.25, 0.3) is 0 Å². The van der Waals surface area contributed by atoms with Crippen molar-refractivity contribution in [3.63, 3.8) is 0 Å². The second-order valence-electron chi connectivity index (χ2n) is 1.74. The van der Waals surface area contributed by atoms with Crippen molar-refractivity contribution < 1.29 is 0 Å². The SMILES string of the molecule is CC1=NC1=CC=CC#N. The summed E-state index contributed by atoms with van der Waals surface area (Å²) in [6.07, 6.45) is 4.93. The van der Waals surface area contributed by atoms with Crippen LogP contribution in [0.4, 0.5) is 0 Å². The number of hydrogen-bond acceptors (Lipinski definition) is 2. The highest BCUT2D eigenvalue weighted by molar-refractivity contribution is 6.10. The van der Waals surface area contributed by atoms with Gasteiger partial charge in [-0.1, -0.05) is 0 Å². The molecule has 0 saturated heterocycles. The molecule has 0 bridgehead atoms. The molecular weight excluding hydrogens is 112 g/mol. The van der Waals surface area contributed by atoms with Gasteiger partial charge in [-0.15, -0.1) is 0 Å². The summed E-state index contributed by atoms with van der Waals surface area (Å²) in [5.41, 5.74) is 2.07. The molecule has 0 radical (unpaired) electrons. The molecule has 0 spiro atoms. The zero-order chi connectivity index (χ0) is 6.69. The van der Waals surface area contributed by atoms with Crippen LogP contribution in [-0.4, -0.2) is 5.71 Å². The lowest BCUT2D eigenvalue weighted by atomic mass is 10.4. The van der Waals surface area contributed by atoms with Gasteiger partial charge >= 0.3 is 0 Å². The van der Waals surface area contributed by atoms with E-state index in [0.29, 0.717) is 0 Å². The van der Waals surface area contributed by atoms with E-state index in [4.69, 9.17) is 5.26 Å². The quantitative estimate of drug-likeness (QED) is 0.480. The maximum Gasteiger partial charge on any atom is 0.0912 e. The van der Waals surface area contributed by atoms with E-state index < -0.39 is 0 Å². The van der Waals surface area contributed by atoms with Gasteiger partial charge in [0.05, 0.1) is 17.5 Å². The van der Waals surface area contributed by atoms with Crippen LogP contribution in [0.3, 0.4) is 0 Å². The Bertz CT molecular complexity index is 238. The number of allylic oxidation sites excluding steroid dienone is 4. The second-order valence-corrected chi connectivity index (χ2v) is 1.74. The first-order valence-electron chi connectivity index (χ1n) is 2.66. The van der Waals surface area contributed by atoms with E-state index in [1.54, 1.807) is 6.08 Å². The molecule has 0 aromatic rings. The lowest BCUT2D eigenvalue weighted by Gasteiger charge is -1.65. The topological polar surface area (TPSA) is 36.1 Å². The summed E-state index contributed by atoms with van der Waals surface area (Å²) in [6.45, 7) is 1.94. The van der Waals surface area contributed by atoms with Crippen molar-refractivity contribution in [2.45, 2.75) is 6.92 Å². The molecule has 2 nitrogen and oxygen atoms in total. The Morgan fingerprint density at radius 1 is 1.67 bits per heavy atom. The minimum Gasteiger partial charge on any atom is -0.250 e. The van der Waals surface area contributed by atoms with Crippen LogP contribution in [0.2, 0.25) is 0 Å². The molecule has 0 amide bonds. The number of hydrogen-bond donors (Lipinski definition) is 0. The molecule has 9 heavy (non-hydrogen) atoms. The summed E-state index contributed by atoms with van der Waals surface area (Å²) in [4.78, 5) is 3.94. The maximum absolute atomic E-state index is 8.06. The van der Waals surface area contributed by atoms with Crippen LogP contribution in [0.5, 0.6) is 0 Å². The Balaban J connectivity index is 2.39. The van der Waals surface area contributed by atoms with Crippen LogP contribution in [0.15, 0.2) is 28.9 Å². The van der Waals surface area contributed by atoms with E-state index >= 15 is 0 Å². The fourth-order valence-electron chi connectivity index (χ4n) is 0.493. The number of nitrogens with zero attached hydrogens (tertiary/aromatic N) is 2. The molecule has 1 aliphatic rings. The van der Waals surface area contributed by atoms with Crippen molar-refractivity contribution in [1.82, 2.24) is 0 Å². The van der Waals surface area contributed by atoms with Gasteiger partial charge in [0, 0.05) is 6.08 Å². The van der Waals surface area contributed by atoms with Crippen molar-refractivity contribution in [2.24, 2.45) is 4.99 Å². The molecular formula is C7H6N2. The maximum atomic E-state index is 8.06. The summed E-state index contributed by atoms with van der Waals surface area (Å²) in [5, 5.41) is 8.06. The van der Waals surface area contributed by atoms with Crippen LogP contribution in [0, 0.1) is 11.3 Å². The van der Waals surface area contributed by atoms with Crippen molar-refractivity contribution >= 4 is 5.71 Å². The van der Waals surface area contributed by atoms with E-state index in [1.165, 1.54) is 6.08 Å². The molecule has 44 valence electrons. The summed E-state index contributed by atoms with van der Waals surface area (Å²) in [5.74, 6) is 0. The van der Waals surface area contributed by atoms with Crippen LogP contribution in [-0.2, 0) is 0 Å². The molecule has 0 aromatic heterocycles. The zero-order valence-electron chi connectivity index (χ0n) is 5.13. The normalized spacial score (nSPS) is 20.0. The zero-order valence-corrected chi connectivity index (χ0v) is 5.13. The first kappa shape index (κ1) is 5.77. The van der Waals surface area contributed by atoms with Gasteiger partial charge < -0.3 is 0 Å². The van der Waals surface area contributed by atoms with Crippen molar-refractivity contribution in [3.8, 4) is 6.07 Å². The standard InChI is InChI=1S/C7H6N2/c1-6-7(9-6)4-2-3-5-8/h2-4H,1H3. The first-order valence-corrected chi connectivity index (χ1v) is 2.66. The summed E-state index contributed by atoms with van der Waals surface area (Å²) < 4.78 is 0. The minimum atomic E-state index is 1.00. The van der Waals surface area contributed by atoms with Gasteiger partial charge in [-0.05, 0) is 19.1 Å². The fourth-order valence-corrected chi connectivity index (χ4v) is 0.493. The molecule has 0 fully saturated rings. The predicted molar refractivity (Wildman–Crippen MR) is 35.9 cm³/mol. The highest BCUT2D eigenvalue weighted by Gasteiger charge is 2.09. The van der Waals surface area contributed by atoms with Crippen LogP contribution >= 0.6 is 0 Å². The molecule has 1 rings (SSSR count). The third-order valence-electron chi connectivity index (χ3n) is 1.03. The Morgan fingerprint density at radius 3 is 2.78 bits per heavy atom.